The largest absolute Gasteiger partial charge is 0.457 e. The second-order valence-corrected chi connectivity index (χ2v) is 23.6. The molecule has 0 saturated heterocycles. The molecule has 16 rings (SSSR count). The Hall–Kier alpha value is -10.4. The summed E-state index contributed by atoms with van der Waals surface area (Å²) in [7, 11) is 0. The van der Waals surface area contributed by atoms with Gasteiger partial charge in [-0.1, -0.05) is 173 Å². The van der Waals surface area contributed by atoms with Gasteiger partial charge in [-0.25, -0.2) is 9.80 Å². The number of ether oxygens (including phenoxy) is 2. The van der Waals surface area contributed by atoms with Crippen LogP contribution in [-0.2, 0) is 10.8 Å². The van der Waals surface area contributed by atoms with Crippen molar-refractivity contribution in [2.45, 2.75) is 50.9 Å². The Balaban J connectivity index is 0.744. The van der Waals surface area contributed by atoms with E-state index in [9.17, 15) is 0 Å². The third-order valence-electron chi connectivity index (χ3n) is 18.3. The van der Waals surface area contributed by atoms with Crippen LogP contribution in [0.2, 0.25) is 0 Å². The zero-order chi connectivity index (χ0) is 56.9. The summed E-state index contributed by atoms with van der Waals surface area (Å²) >= 11 is 0. The van der Waals surface area contributed by atoms with Gasteiger partial charge in [0.2, 0.25) is 0 Å². The fourth-order valence-corrected chi connectivity index (χ4v) is 14.2. The molecular formula is C76H52N2O6. The molecule has 0 fully saturated rings. The molecule has 0 radical (unpaired) electrons. The van der Waals surface area contributed by atoms with Crippen molar-refractivity contribution >= 4 is 62.1 Å². The monoisotopic (exact) mass is 1090 g/mol. The summed E-state index contributed by atoms with van der Waals surface area (Å²) in [6.07, 6.45) is 14.9. The van der Waals surface area contributed by atoms with Gasteiger partial charge in [0.05, 0.1) is 11.4 Å². The number of imide groups is 2. The Bertz CT molecular complexity index is 4760. The minimum Gasteiger partial charge on any atom is -0.457 e. The van der Waals surface area contributed by atoms with E-state index in [-0.39, 0.29) is 16.7 Å². The first-order valence-electron chi connectivity index (χ1n) is 28.6. The molecule has 8 heteroatoms. The topological polar surface area (TPSA) is 93.2 Å². The van der Waals surface area contributed by atoms with Gasteiger partial charge < -0.3 is 9.47 Å². The number of anilines is 2. The number of benzene rings is 10. The Morgan fingerprint density at radius 1 is 0.393 bits per heavy atom. The van der Waals surface area contributed by atoms with Gasteiger partial charge in [-0.2, -0.15) is 0 Å². The van der Waals surface area contributed by atoms with Gasteiger partial charge in [0.15, 0.2) is 0 Å². The van der Waals surface area contributed by atoms with Crippen LogP contribution in [0, 0.1) is 0 Å². The van der Waals surface area contributed by atoms with Crippen LogP contribution in [0.3, 0.4) is 0 Å². The van der Waals surface area contributed by atoms with Crippen molar-refractivity contribution in [3.63, 3.8) is 0 Å². The van der Waals surface area contributed by atoms with Crippen LogP contribution >= 0.6 is 0 Å². The summed E-state index contributed by atoms with van der Waals surface area (Å²) in [6, 6.07) is 59.1. The molecule has 4 aliphatic carbocycles. The van der Waals surface area contributed by atoms with Gasteiger partial charge in [-0.15, -0.1) is 0 Å². The average Bonchev–Trinajstić information content (AvgIpc) is 1.29. The molecule has 0 N–H and O–H groups in total. The Morgan fingerprint density at radius 2 is 0.798 bits per heavy atom. The van der Waals surface area contributed by atoms with Gasteiger partial charge in [0, 0.05) is 67.5 Å². The highest BCUT2D eigenvalue weighted by Gasteiger charge is 2.41. The summed E-state index contributed by atoms with van der Waals surface area (Å²) in [4.78, 5) is 63.5. The van der Waals surface area contributed by atoms with Crippen LogP contribution < -0.4 is 19.3 Å². The quantitative estimate of drug-likeness (QED) is 0.134. The molecule has 0 unspecified atom stereocenters. The van der Waals surface area contributed by atoms with Crippen molar-refractivity contribution in [2.24, 2.45) is 0 Å². The van der Waals surface area contributed by atoms with Crippen LogP contribution in [0.15, 0.2) is 225 Å². The lowest BCUT2D eigenvalue weighted by Gasteiger charge is -2.31. The Labute approximate surface area is 485 Å². The predicted octanol–water partition coefficient (Wildman–Crippen LogP) is 18.0. The maximum atomic E-state index is 15.2. The number of fused-ring (bicyclic) bond motifs is 6. The van der Waals surface area contributed by atoms with E-state index in [2.05, 4.69) is 113 Å². The van der Waals surface area contributed by atoms with Crippen LogP contribution in [-0.4, -0.2) is 23.6 Å². The molecular weight excluding hydrogens is 1040 g/mol. The second kappa shape index (κ2) is 18.0. The van der Waals surface area contributed by atoms with Crippen molar-refractivity contribution in [3.8, 4) is 56.4 Å². The molecule has 4 amide bonds. The molecule has 2 aliphatic heterocycles. The summed E-state index contributed by atoms with van der Waals surface area (Å²) in [5.41, 5.74) is 15.5. The number of carbonyl (C=O) groups is 4. The van der Waals surface area contributed by atoms with Crippen molar-refractivity contribution in [3.05, 3.63) is 280 Å². The summed E-state index contributed by atoms with van der Waals surface area (Å²) in [6.45, 7) is 8.91. The molecule has 84 heavy (non-hydrogen) atoms. The highest BCUT2D eigenvalue weighted by Crippen LogP contribution is 2.53. The normalized spacial score (nSPS) is 16.4. The Morgan fingerprint density at radius 3 is 1.31 bits per heavy atom. The number of allylic oxidation sites excluding steroid dienone is 8. The highest BCUT2D eigenvalue weighted by molar-refractivity contribution is 6.39. The van der Waals surface area contributed by atoms with E-state index in [0.29, 0.717) is 78.2 Å². The zero-order valence-corrected chi connectivity index (χ0v) is 46.5. The van der Waals surface area contributed by atoms with Crippen LogP contribution in [0.5, 0.6) is 23.0 Å². The average molecular weight is 1090 g/mol. The number of hydrogen-bond acceptors (Lipinski definition) is 6. The van der Waals surface area contributed by atoms with Crippen molar-refractivity contribution in [2.75, 3.05) is 9.80 Å². The third-order valence-corrected chi connectivity index (χ3v) is 18.3. The van der Waals surface area contributed by atoms with Gasteiger partial charge in [0.25, 0.3) is 23.6 Å². The summed E-state index contributed by atoms with van der Waals surface area (Å²) < 4.78 is 13.3. The zero-order valence-electron chi connectivity index (χ0n) is 46.5. The number of hydrogen-bond donors (Lipinski definition) is 0. The van der Waals surface area contributed by atoms with Gasteiger partial charge >= 0.3 is 0 Å². The van der Waals surface area contributed by atoms with Crippen molar-refractivity contribution in [1.82, 2.24) is 0 Å². The predicted molar refractivity (Wildman–Crippen MR) is 333 cm³/mol. The minimum atomic E-state index is -0.457. The first-order chi connectivity index (χ1) is 40.8. The molecule has 402 valence electrons. The molecule has 8 nitrogen and oxygen atoms in total. The summed E-state index contributed by atoms with van der Waals surface area (Å²) in [5.74, 6) is 0.281. The molecule has 0 aromatic heterocycles. The molecule has 6 aliphatic rings. The maximum Gasteiger partial charge on any atom is 0.266 e. The van der Waals surface area contributed by atoms with E-state index in [1.54, 1.807) is 36.4 Å². The SMILES string of the molecule is CC1(C)c2ccccc2-c2ccc(Oc3ccc(C4=CCC=C4)c(N4C(=O)c5cccc6c(-c7ccc8c9c(cccc79)C(=O)N(c7cc(Oc9ccc%10c(c9)C(C)(C)c9ccccc9-%10)ccc7C7C=CC=C7)C8=O)ccc(c56)C4=O)c3)cc21. The van der Waals surface area contributed by atoms with E-state index in [4.69, 9.17) is 9.47 Å². The van der Waals surface area contributed by atoms with E-state index >= 15 is 19.2 Å². The standard InChI is InChI=1S/C76H52N2O6/c1-75(2)63-25-11-9-19-53(63)55-33-29-45(39-65(55)75)83-47-27-31-49(43-15-5-6-16-43)67(41-47)77-71(79)59-23-13-21-57-51(35-37-61(69(57)59)73(77)81)52-36-38-62-70-58(52)22-14-24-60(70)72(80)78(74(62)82)68-42-48(28-32-50(68)44-17-7-8-18-44)84-46-30-34-56-54-20-10-12-26-64(54)76(3,4)66(56)40-46/h5-7,9-43H,8H2,1-4H3. The molecule has 0 saturated carbocycles. The fraction of sp³-hybridized carbons (Fsp3) is 0.105. The van der Waals surface area contributed by atoms with E-state index in [0.717, 1.165) is 34.2 Å². The second-order valence-electron chi connectivity index (χ2n) is 23.6. The van der Waals surface area contributed by atoms with Gasteiger partial charge in [-0.3, -0.25) is 19.2 Å². The number of rotatable bonds is 9. The molecule has 10 aromatic rings. The summed E-state index contributed by atoms with van der Waals surface area (Å²) in [5, 5.41) is 2.46. The van der Waals surface area contributed by atoms with Crippen LogP contribution in [0.25, 0.3) is 60.5 Å². The van der Waals surface area contributed by atoms with Crippen molar-refractivity contribution in [1.29, 1.82) is 0 Å². The lowest BCUT2D eigenvalue weighted by atomic mass is 9.82. The number of amides is 4. The van der Waals surface area contributed by atoms with E-state index < -0.39 is 23.6 Å². The fourth-order valence-electron chi connectivity index (χ4n) is 14.2. The van der Waals surface area contributed by atoms with E-state index in [1.807, 2.05) is 103 Å². The van der Waals surface area contributed by atoms with Crippen molar-refractivity contribution < 1.29 is 28.7 Å². The molecule has 10 aromatic carbocycles. The lowest BCUT2D eigenvalue weighted by molar-refractivity contribution is 0.0877. The minimum absolute atomic E-state index is 0.177. The first kappa shape index (κ1) is 49.4. The van der Waals surface area contributed by atoms with E-state index in [1.165, 1.54) is 54.3 Å². The molecule has 0 atom stereocenters. The third kappa shape index (κ3) is 7.13. The van der Waals surface area contributed by atoms with Gasteiger partial charge in [0.1, 0.15) is 23.0 Å². The molecule has 2 heterocycles. The van der Waals surface area contributed by atoms with Crippen LogP contribution in [0.4, 0.5) is 11.4 Å². The van der Waals surface area contributed by atoms with Gasteiger partial charge in [-0.05, 0) is 151 Å². The molecule has 0 spiro atoms. The number of carbonyl (C=O) groups excluding carboxylic acids is 4. The smallest absolute Gasteiger partial charge is 0.266 e. The molecule has 0 bridgehead atoms. The Kier molecular flexibility index (Phi) is 10.6. The van der Waals surface area contributed by atoms with Crippen LogP contribution in [0.1, 0.15) is 115 Å². The maximum absolute atomic E-state index is 15.2. The number of nitrogens with zero attached hydrogens (tertiary/aromatic N) is 2. The first-order valence-corrected chi connectivity index (χ1v) is 28.6. The lowest BCUT2D eigenvalue weighted by Crippen LogP contribution is -2.41. The highest BCUT2D eigenvalue weighted by atomic mass is 16.5.